The minimum atomic E-state index is -1.55. The third-order valence-corrected chi connectivity index (χ3v) is 10.2. The van der Waals surface area contributed by atoms with Gasteiger partial charge < -0.3 is 40.3 Å². The molecule has 1 aliphatic heterocycles. The first-order chi connectivity index (χ1) is 23.8. The standard InChI is InChI=1S/C40H79NO8/c1-3-5-7-9-11-13-15-17-19-21-23-25-27-29-34(43)33(32-48-40-39(47)38(46)37(45)35(31-42)49-40)41-36(44)30-28-26-24-22-20-18-16-14-12-10-8-6-4-2/h33-35,37-40,42-43,45-47H,3-32H2,1-2H3,(H,41,44)/t33?,34?,35-,37-,38+,39-,40-/m1/s1. The lowest BCUT2D eigenvalue weighted by Crippen LogP contribution is -2.60. The van der Waals surface area contributed by atoms with E-state index in [1.807, 2.05) is 0 Å². The second-order valence-electron chi connectivity index (χ2n) is 14.8. The molecule has 0 bridgehead atoms. The van der Waals surface area contributed by atoms with Crippen molar-refractivity contribution in [3.05, 3.63) is 0 Å². The first kappa shape index (κ1) is 46.2. The maximum atomic E-state index is 12.9. The van der Waals surface area contributed by atoms with Crippen molar-refractivity contribution in [1.82, 2.24) is 5.32 Å². The molecule has 292 valence electrons. The molecular formula is C40H79NO8. The largest absolute Gasteiger partial charge is 0.394 e. The van der Waals surface area contributed by atoms with Crippen LogP contribution in [-0.4, -0.2) is 87.5 Å². The maximum absolute atomic E-state index is 12.9. The Morgan fingerprint density at radius 2 is 1.02 bits per heavy atom. The van der Waals surface area contributed by atoms with Gasteiger partial charge in [0.2, 0.25) is 5.91 Å². The summed E-state index contributed by atoms with van der Waals surface area (Å²) in [7, 11) is 0. The normalized spacial score (nSPS) is 22.3. The van der Waals surface area contributed by atoms with E-state index in [0.717, 1.165) is 38.5 Å². The van der Waals surface area contributed by atoms with Crippen LogP contribution in [0.3, 0.4) is 0 Å². The quantitative estimate of drug-likeness (QED) is 0.0376. The molecule has 9 heteroatoms. The molecule has 0 aromatic rings. The van der Waals surface area contributed by atoms with Crippen LogP contribution >= 0.6 is 0 Å². The number of aliphatic hydroxyl groups excluding tert-OH is 5. The average molecular weight is 702 g/mol. The van der Waals surface area contributed by atoms with Crippen LogP contribution in [0.25, 0.3) is 0 Å². The van der Waals surface area contributed by atoms with E-state index in [4.69, 9.17) is 9.47 Å². The summed E-state index contributed by atoms with van der Waals surface area (Å²) in [4.78, 5) is 12.9. The monoisotopic (exact) mass is 702 g/mol. The third-order valence-electron chi connectivity index (χ3n) is 10.2. The van der Waals surface area contributed by atoms with Gasteiger partial charge in [-0.2, -0.15) is 0 Å². The van der Waals surface area contributed by atoms with Gasteiger partial charge in [-0.1, -0.05) is 174 Å². The minimum absolute atomic E-state index is 0.132. The molecule has 6 N–H and O–H groups in total. The van der Waals surface area contributed by atoms with Crippen LogP contribution in [0.2, 0.25) is 0 Å². The number of hydrogen-bond acceptors (Lipinski definition) is 8. The summed E-state index contributed by atoms with van der Waals surface area (Å²) in [5.41, 5.74) is 0. The fourth-order valence-electron chi connectivity index (χ4n) is 6.81. The van der Waals surface area contributed by atoms with Crippen LogP contribution in [0, 0.1) is 0 Å². The van der Waals surface area contributed by atoms with Gasteiger partial charge in [-0.05, 0) is 12.8 Å². The number of hydrogen-bond donors (Lipinski definition) is 6. The van der Waals surface area contributed by atoms with Gasteiger partial charge in [0.25, 0.3) is 0 Å². The van der Waals surface area contributed by atoms with Gasteiger partial charge in [-0.15, -0.1) is 0 Å². The highest BCUT2D eigenvalue weighted by Gasteiger charge is 2.44. The van der Waals surface area contributed by atoms with E-state index in [2.05, 4.69) is 19.2 Å². The average Bonchev–Trinajstić information content (AvgIpc) is 3.10. The molecular weight excluding hydrogens is 622 g/mol. The van der Waals surface area contributed by atoms with Crippen molar-refractivity contribution in [2.24, 2.45) is 0 Å². The molecule has 1 saturated heterocycles. The molecule has 1 rings (SSSR count). The van der Waals surface area contributed by atoms with Gasteiger partial charge in [0, 0.05) is 6.42 Å². The number of carbonyl (C=O) groups is 1. The fraction of sp³-hybridized carbons (Fsp3) is 0.975. The lowest BCUT2D eigenvalue weighted by molar-refractivity contribution is -0.302. The van der Waals surface area contributed by atoms with E-state index >= 15 is 0 Å². The van der Waals surface area contributed by atoms with Gasteiger partial charge in [0.15, 0.2) is 6.29 Å². The van der Waals surface area contributed by atoms with Crippen LogP contribution in [-0.2, 0) is 14.3 Å². The summed E-state index contributed by atoms with van der Waals surface area (Å²) < 4.78 is 11.2. The van der Waals surface area contributed by atoms with Crippen LogP contribution < -0.4 is 5.32 Å². The molecule has 1 heterocycles. The Morgan fingerprint density at radius 3 is 1.45 bits per heavy atom. The Labute approximate surface area is 300 Å². The van der Waals surface area contributed by atoms with Crippen molar-refractivity contribution < 1.29 is 39.8 Å². The van der Waals surface area contributed by atoms with E-state index < -0.39 is 49.5 Å². The number of unbranched alkanes of at least 4 members (excludes halogenated alkanes) is 24. The van der Waals surface area contributed by atoms with Crippen LogP contribution in [0.15, 0.2) is 0 Å². The lowest BCUT2D eigenvalue weighted by atomic mass is 9.99. The molecule has 0 aromatic carbocycles. The summed E-state index contributed by atoms with van der Waals surface area (Å²) in [6.45, 7) is 3.82. The molecule has 0 spiro atoms. The molecule has 1 fully saturated rings. The number of rotatable bonds is 34. The van der Waals surface area contributed by atoms with Gasteiger partial charge in [0.1, 0.15) is 24.4 Å². The van der Waals surface area contributed by atoms with Crippen LogP contribution in [0.4, 0.5) is 0 Å². The molecule has 49 heavy (non-hydrogen) atoms. The summed E-state index contributed by atoms with van der Waals surface area (Å²) in [6.07, 6.45) is 25.3. The zero-order valence-electron chi connectivity index (χ0n) is 31.7. The minimum Gasteiger partial charge on any atom is -0.394 e. The fourth-order valence-corrected chi connectivity index (χ4v) is 6.81. The van der Waals surface area contributed by atoms with Gasteiger partial charge in [0.05, 0.1) is 25.4 Å². The van der Waals surface area contributed by atoms with Crippen molar-refractivity contribution in [1.29, 1.82) is 0 Å². The van der Waals surface area contributed by atoms with Crippen molar-refractivity contribution in [2.45, 2.75) is 236 Å². The van der Waals surface area contributed by atoms with E-state index in [0.29, 0.717) is 12.8 Å². The Bertz CT molecular complexity index is 741. The van der Waals surface area contributed by atoms with Crippen molar-refractivity contribution in [3.63, 3.8) is 0 Å². The number of carbonyl (C=O) groups excluding carboxylic acids is 1. The topological polar surface area (TPSA) is 149 Å². The van der Waals surface area contributed by atoms with Crippen molar-refractivity contribution in [2.75, 3.05) is 13.2 Å². The molecule has 0 aliphatic carbocycles. The molecule has 2 unspecified atom stereocenters. The third kappa shape index (κ3) is 23.4. The van der Waals surface area contributed by atoms with Crippen molar-refractivity contribution >= 4 is 5.91 Å². The highest BCUT2D eigenvalue weighted by atomic mass is 16.7. The summed E-state index contributed by atoms with van der Waals surface area (Å²) in [5.74, 6) is -0.144. The predicted octanol–water partition coefficient (Wildman–Crippen LogP) is 7.61. The highest BCUT2D eigenvalue weighted by Crippen LogP contribution is 2.23. The van der Waals surface area contributed by atoms with E-state index in [-0.39, 0.29) is 12.5 Å². The number of aliphatic hydroxyl groups is 5. The Kier molecular flexibility index (Phi) is 30.1. The molecule has 9 nitrogen and oxygen atoms in total. The highest BCUT2D eigenvalue weighted by molar-refractivity contribution is 5.76. The second kappa shape index (κ2) is 31.9. The number of ether oxygens (including phenoxy) is 2. The summed E-state index contributed by atoms with van der Waals surface area (Å²) in [5, 5.41) is 54.1. The molecule has 1 aliphatic rings. The maximum Gasteiger partial charge on any atom is 0.220 e. The first-order valence-electron chi connectivity index (χ1n) is 20.7. The van der Waals surface area contributed by atoms with Gasteiger partial charge in [-0.25, -0.2) is 0 Å². The second-order valence-corrected chi connectivity index (χ2v) is 14.8. The SMILES string of the molecule is CCCCCCCCCCCCCCCC(=O)NC(CO[C@@H]1O[C@H](CO)[C@@H](O)[C@H](O)[C@H]1O)C(O)CCCCCCCCCCCCCCC. The molecule has 0 aromatic heterocycles. The summed E-state index contributed by atoms with van der Waals surface area (Å²) >= 11 is 0. The molecule has 1 amide bonds. The zero-order chi connectivity index (χ0) is 36.0. The Hall–Kier alpha value is -0.810. The number of nitrogens with one attached hydrogen (secondary N) is 1. The van der Waals surface area contributed by atoms with E-state index in [1.165, 1.54) is 128 Å². The first-order valence-corrected chi connectivity index (χ1v) is 20.7. The Morgan fingerprint density at radius 1 is 0.612 bits per heavy atom. The zero-order valence-corrected chi connectivity index (χ0v) is 31.7. The van der Waals surface area contributed by atoms with Gasteiger partial charge in [-0.3, -0.25) is 4.79 Å². The Balaban J connectivity index is 2.38. The van der Waals surface area contributed by atoms with Crippen molar-refractivity contribution in [3.8, 4) is 0 Å². The smallest absolute Gasteiger partial charge is 0.220 e. The lowest BCUT2D eigenvalue weighted by Gasteiger charge is -2.40. The van der Waals surface area contributed by atoms with Crippen LogP contribution in [0.1, 0.15) is 194 Å². The van der Waals surface area contributed by atoms with Crippen LogP contribution in [0.5, 0.6) is 0 Å². The van der Waals surface area contributed by atoms with E-state index in [1.54, 1.807) is 0 Å². The summed E-state index contributed by atoms with van der Waals surface area (Å²) in [6, 6.07) is -0.709. The predicted molar refractivity (Wildman–Crippen MR) is 198 cm³/mol. The van der Waals surface area contributed by atoms with Gasteiger partial charge >= 0.3 is 0 Å². The molecule has 0 saturated carbocycles. The van der Waals surface area contributed by atoms with E-state index in [9.17, 15) is 30.3 Å². The molecule has 0 radical (unpaired) electrons. The number of amides is 1. The molecule has 7 atom stereocenters.